The zero-order chi connectivity index (χ0) is 22.2. The van der Waals surface area contributed by atoms with E-state index in [9.17, 15) is 4.79 Å². The summed E-state index contributed by atoms with van der Waals surface area (Å²) in [5, 5.41) is 9.21. The van der Waals surface area contributed by atoms with Crippen molar-refractivity contribution in [1.29, 1.82) is 0 Å². The number of aromatic nitrogens is 3. The molecule has 0 unspecified atom stereocenters. The molecule has 162 valence electrons. The van der Waals surface area contributed by atoms with Gasteiger partial charge in [0, 0.05) is 48.6 Å². The SMILES string of the molecule is Cc1ccc(N2CCN(C(=O)c3ccc4nnc(-c5ccc(Cl)cc5)n4c3)CC2)c(C)c1. The summed E-state index contributed by atoms with van der Waals surface area (Å²) < 4.78 is 1.86. The molecule has 7 heteroatoms. The molecule has 0 bridgehead atoms. The molecular weight excluding hydrogens is 422 g/mol. The Morgan fingerprint density at radius 2 is 1.66 bits per heavy atom. The van der Waals surface area contributed by atoms with E-state index in [2.05, 4.69) is 47.1 Å². The molecule has 0 saturated carbocycles. The number of piperazine rings is 1. The largest absolute Gasteiger partial charge is 0.368 e. The fourth-order valence-electron chi connectivity index (χ4n) is 4.31. The highest BCUT2D eigenvalue weighted by Crippen LogP contribution is 2.24. The summed E-state index contributed by atoms with van der Waals surface area (Å²) in [5.74, 6) is 0.717. The monoisotopic (exact) mass is 445 g/mol. The lowest BCUT2D eigenvalue weighted by Gasteiger charge is -2.37. The van der Waals surface area contributed by atoms with Gasteiger partial charge < -0.3 is 9.80 Å². The van der Waals surface area contributed by atoms with Crippen molar-refractivity contribution in [3.8, 4) is 11.4 Å². The minimum atomic E-state index is 0.0305. The molecule has 1 aliphatic heterocycles. The molecule has 5 rings (SSSR count). The van der Waals surface area contributed by atoms with E-state index in [4.69, 9.17) is 11.6 Å². The van der Waals surface area contributed by atoms with E-state index in [-0.39, 0.29) is 5.91 Å². The number of nitrogens with zero attached hydrogens (tertiary/aromatic N) is 5. The minimum Gasteiger partial charge on any atom is -0.368 e. The number of rotatable bonds is 3. The molecule has 32 heavy (non-hydrogen) atoms. The Morgan fingerprint density at radius 3 is 2.38 bits per heavy atom. The first-order chi connectivity index (χ1) is 15.5. The maximum Gasteiger partial charge on any atom is 0.255 e. The Hall–Kier alpha value is -3.38. The van der Waals surface area contributed by atoms with Crippen molar-refractivity contribution in [2.45, 2.75) is 13.8 Å². The van der Waals surface area contributed by atoms with E-state index in [0.717, 1.165) is 18.7 Å². The quantitative estimate of drug-likeness (QED) is 0.461. The zero-order valence-electron chi connectivity index (χ0n) is 18.1. The first-order valence-electron chi connectivity index (χ1n) is 10.7. The topological polar surface area (TPSA) is 53.7 Å². The summed E-state index contributed by atoms with van der Waals surface area (Å²) in [5.41, 5.74) is 6.02. The number of pyridine rings is 1. The Kier molecular flexibility index (Phi) is 5.31. The van der Waals surface area contributed by atoms with Gasteiger partial charge in [0.1, 0.15) is 0 Å². The van der Waals surface area contributed by atoms with E-state index in [1.165, 1.54) is 16.8 Å². The molecule has 0 N–H and O–H groups in total. The molecule has 6 nitrogen and oxygen atoms in total. The van der Waals surface area contributed by atoms with Crippen LogP contribution in [-0.2, 0) is 0 Å². The molecule has 0 aliphatic carbocycles. The third kappa shape index (κ3) is 3.82. The molecule has 0 spiro atoms. The summed E-state index contributed by atoms with van der Waals surface area (Å²) in [7, 11) is 0. The Bertz CT molecular complexity index is 1290. The van der Waals surface area contributed by atoms with Gasteiger partial charge in [-0.2, -0.15) is 0 Å². The summed E-state index contributed by atoms with van der Waals surface area (Å²) in [4.78, 5) is 17.5. The molecule has 1 aliphatic rings. The maximum atomic E-state index is 13.2. The molecule has 1 amide bonds. The number of hydrogen-bond acceptors (Lipinski definition) is 4. The predicted molar refractivity (Wildman–Crippen MR) is 127 cm³/mol. The fraction of sp³-hybridized carbons (Fsp3) is 0.240. The number of hydrogen-bond donors (Lipinski definition) is 0. The minimum absolute atomic E-state index is 0.0305. The average Bonchev–Trinajstić information content (AvgIpc) is 3.23. The molecule has 3 heterocycles. The van der Waals surface area contributed by atoms with Crippen LogP contribution < -0.4 is 4.90 Å². The van der Waals surface area contributed by atoms with Crippen LogP contribution in [0.1, 0.15) is 21.5 Å². The second-order valence-corrected chi connectivity index (χ2v) is 8.68. The van der Waals surface area contributed by atoms with Gasteiger partial charge >= 0.3 is 0 Å². The van der Waals surface area contributed by atoms with E-state index in [1.54, 1.807) is 0 Å². The lowest BCUT2D eigenvalue weighted by molar-refractivity contribution is 0.0746. The highest BCUT2D eigenvalue weighted by atomic mass is 35.5. The van der Waals surface area contributed by atoms with E-state index < -0.39 is 0 Å². The number of aryl methyl sites for hydroxylation is 2. The molecule has 1 fully saturated rings. The summed E-state index contributed by atoms with van der Waals surface area (Å²) in [6.07, 6.45) is 1.83. The third-order valence-corrected chi connectivity index (χ3v) is 6.26. The molecule has 0 radical (unpaired) electrons. The van der Waals surface area contributed by atoms with Crippen molar-refractivity contribution < 1.29 is 4.79 Å². The normalized spacial score (nSPS) is 14.2. The van der Waals surface area contributed by atoms with Crippen LogP contribution in [0.5, 0.6) is 0 Å². The highest BCUT2D eigenvalue weighted by Gasteiger charge is 2.24. The summed E-state index contributed by atoms with van der Waals surface area (Å²) in [6.45, 7) is 7.28. The van der Waals surface area contributed by atoms with Gasteiger partial charge in [0.05, 0.1) is 5.56 Å². The molecule has 1 saturated heterocycles. The van der Waals surface area contributed by atoms with Crippen molar-refractivity contribution in [2.24, 2.45) is 0 Å². The number of benzene rings is 2. The molecular formula is C25H24ClN5O. The molecule has 4 aromatic rings. The Labute approximate surface area is 192 Å². The van der Waals surface area contributed by atoms with Gasteiger partial charge in [-0.1, -0.05) is 29.3 Å². The van der Waals surface area contributed by atoms with Crippen LogP contribution in [0, 0.1) is 13.8 Å². The fourth-order valence-corrected chi connectivity index (χ4v) is 4.43. The van der Waals surface area contributed by atoms with Crippen molar-refractivity contribution in [2.75, 3.05) is 31.1 Å². The van der Waals surface area contributed by atoms with Crippen molar-refractivity contribution in [3.63, 3.8) is 0 Å². The first kappa shape index (κ1) is 20.5. The van der Waals surface area contributed by atoms with E-state index >= 15 is 0 Å². The van der Waals surface area contributed by atoms with Crippen molar-refractivity contribution in [3.05, 3.63) is 82.5 Å². The third-order valence-electron chi connectivity index (χ3n) is 6.01. The molecule has 2 aromatic heterocycles. The summed E-state index contributed by atoms with van der Waals surface area (Å²) in [6, 6.07) is 17.6. The lowest BCUT2D eigenvalue weighted by atomic mass is 10.1. The standard InChI is InChI=1S/C25H24ClN5O/c1-17-3-9-22(18(2)15-17)29-11-13-30(14-12-29)25(32)20-6-10-23-27-28-24(31(23)16-20)19-4-7-21(26)8-5-19/h3-10,15-16H,11-14H2,1-2H3. The van der Waals surface area contributed by atoms with E-state index in [0.29, 0.717) is 35.1 Å². The number of anilines is 1. The van der Waals surface area contributed by atoms with Crippen molar-refractivity contribution >= 4 is 28.8 Å². The van der Waals surface area contributed by atoms with E-state index in [1.807, 2.05) is 51.9 Å². The number of carbonyl (C=O) groups excluding carboxylic acids is 1. The second-order valence-electron chi connectivity index (χ2n) is 8.25. The van der Waals surface area contributed by atoms with Gasteiger partial charge in [0.2, 0.25) is 0 Å². The smallest absolute Gasteiger partial charge is 0.255 e. The van der Waals surface area contributed by atoms with Crippen LogP contribution >= 0.6 is 11.6 Å². The van der Waals surface area contributed by atoms with Gasteiger partial charge in [0.25, 0.3) is 5.91 Å². The maximum absolute atomic E-state index is 13.2. The number of fused-ring (bicyclic) bond motifs is 1. The second kappa shape index (κ2) is 8.28. The van der Waals surface area contributed by atoms with Crippen LogP contribution in [0.3, 0.4) is 0 Å². The van der Waals surface area contributed by atoms with Crippen LogP contribution in [-0.4, -0.2) is 51.6 Å². The number of halogens is 1. The van der Waals surface area contributed by atoms with Crippen LogP contribution in [0.25, 0.3) is 17.0 Å². The zero-order valence-corrected chi connectivity index (χ0v) is 18.9. The average molecular weight is 446 g/mol. The van der Waals surface area contributed by atoms with Crippen LogP contribution in [0.4, 0.5) is 5.69 Å². The Morgan fingerprint density at radius 1 is 0.906 bits per heavy atom. The van der Waals surface area contributed by atoms with Gasteiger partial charge in [-0.3, -0.25) is 9.20 Å². The molecule has 2 aromatic carbocycles. The Balaban J connectivity index is 1.35. The lowest BCUT2D eigenvalue weighted by Crippen LogP contribution is -2.49. The van der Waals surface area contributed by atoms with Crippen LogP contribution in [0.15, 0.2) is 60.8 Å². The van der Waals surface area contributed by atoms with Crippen molar-refractivity contribution in [1.82, 2.24) is 19.5 Å². The van der Waals surface area contributed by atoms with Gasteiger partial charge in [-0.25, -0.2) is 0 Å². The summed E-state index contributed by atoms with van der Waals surface area (Å²) >= 11 is 6.01. The van der Waals surface area contributed by atoms with Gasteiger partial charge in [0.15, 0.2) is 11.5 Å². The molecule has 0 atom stereocenters. The highest BCUT2D eigenvalue weighted by molar-refractivity contribution is 6.30. The predicted octanol–water partition coefficient (Wildman–Crippen LogP) is 4.63. The van der Waals surface area contributed by atoms with Crippen LogP contribution in [0.2, 0.25) is 5.02 Å². The van der Waals surface area contributed by atoms with Gasteiger partial charge in [-0.05, 0) is 61.9 Å². The van der Waals surface area contributed by atoms with Gasteiger partial charge in [-0.15, -0.1) is 10.2 Å². The first-order valence-corrected chi connectivity index (χ1v) is 11.1. The number of carbonyl (C=O) groups is 1. The number of amides is 1.